The number of rotatable bonds is 6. The van der Waals surface area contributed by atoms with Gasteiger partial charge in [-0.2, -0.15) is 0 Å². The first-order valence-corrected chi connectivity index (χ1v) is 9.74. The number of para-hydroxylation sites is 2. The lowest BCUT2D eigenvalue weighted by Gasteiger charge is -2.15. The van der Waals surface area contributed by atoms with Crippen LogP contribution >= 0.6 is 11.6 Å². The van der Waals surface area contributed by atoms with Gasteiger partial charge in [0.25, 0.3) is 10.0 Å². The maximum absolute atomic E-state index is 12.8. The van der Waals surface area contributed by atoms with E-state index in [9.17, 15) is 8.42 Å². The zero-order chi connectivity index (χ0) is 19.6. The lowest BCUT2D eigenvalue weighted by atomic mass is 10.3. The number of aryl methyl sites for hydroxylation is 2. The summed E-state index contributed by atoms with van der Waals surface area (Å²) in [6.45, 7) is 3.08. The van der Waals surface area contributed by atoms with Gasteiger partial charge in [0.15, 0.2) is 27.9 Å². The molecule has 0 unspecified atom stereocenters. The van der Waals surface area contributed by atoms with E-state index < -0.39 is 10.0 Å². The number of ether oxygens (including phenoxy) is 2. The fourth-order valence-corrected chi connectivity index (χ4v) is 4.11. The summed E-state index contributed by atoms with van der Waals surface area (Å²) in [6, 6.07) is 11.6. The van der Waals surface area contributed by atoms with Gasteiger partial charge in [-0.25, -0.2) is 8.42 Å². The summed E-state index contributed by atoms with van der Waals surface area (Å²) < 4.78 is 44.2. The fourth-order valence-electron chi connectivity index (χ4n) is 2.55. The van der Waals surface area contributed by atoms with Crippen molar-refractivity contribution in [1.29, 1.82) is 0 Å². The normalized spacial score (nSPS) is 11.3. The first kappa shape index (κ1) is 19.1. The van der Waals surface area contributed by atoms with Crippen LogP contribution in [0.1, 0.15) is 11.5 Å². The highest BCUT2D eigenvalue weighted by Crippen LogP contribution is 2.37. The SMILES string of the molecule is COc1ccccc1Oc1ccc(Cl)cc1NS(=O)(=O)c1c(C)noc1C. The number of hydrogen-bond donors (Lipinski definition) is 1. The van der Waals surface area contributed by atoms with Crippen LogP contribution in [0.3, 0.4) is 0 Å². The fraction of sp³-hybridized carbons (Fsp3) is 0.167. The minimum atomic E-state index is -3.95. The van der Waals surface area contributed by atoms with Gasteiger partial charge < -0.3 is 14.0 Å². The molecule has 0 aliphatic carbocycles. The van der Waals surface area contributed by atoms with Crippen LogP contribution in [0.4, 0.5) is 5.69 Å². The molecule has 0 bridgehead atoms. The van der Waals surface area contributed by atoms with Gasteiger partial charge in [-0.05, 0) is 44.2 Å². The molecule has 27 heavy (non-hydrogen) atoms. The van der Waals surface area contributed by atoms with Crippen molar-refractivity contribution in [1.82, 2.24) is 5.16 Å². The van der Waals surface area contributed by atoms with Crippen molar-refractivity contribution >= 4 is 27.3 Å². The molecule has 0 fully saturated rings. The Morgan fingerprint density at radius 2 is 1.78 bits per heavy atom. The smallest absolute Gasteiger partial charge is 0.267 e. The molecule has 0 atom stereocenters. The number of sulfonamides is 1. The summed E-state index contributed by atoms with van der Waals surface area (Å²) >= 11 is 6.05. The maximum atomic E-state index is 12.8. The molecular weight excluding hydrogens is 392 g/mol. The van der Waals surface area contributed by atoms with E-state index in [2.05, 4.69) is 9.88 Å². The van der Waals surface area contributed by atoms with E-state index in [4.69, 9.17) is 25.6 Å². The van der Waals surface area contributed by atoms with Crippen molar-refractivity contribution in [2.45, 2.75) is 18.7 Å². The topological polar surface area (TPSA) is 90.7 Å². The molecule has 1 N–H and O–H groups in total. The van der Waals surface area contributed by atoms with E-state index >= 15 is 0 Å². The van der Waals surface area contributed by atoms with Crippen molar-refractivity contribution in [2.75, 3.05) is 11.8 Å². The third kappa shape index (κ3) is 4.01. The van der Waals surface area contributed by atoms with Gasteiger partial charge >= 0.3 is 0 Å². The molecule has 142 valence electrons. The van der Waals surface area contributed by atoms with Crippen molar-refractivity contribution in [2.24, 2.45) is 0 Å². The second kappa shape index (κ2) is 7.50. The summed E-state index contributed by atoms with van der Waals surface area (Å²) in [6.07, 6.45) is 0. The Labute approximate surface area is 161 Å². The van der Waals surface area contributed by atoms with Crippen LogP contribution in [0.5, 0.6) is 17.2 Å². The lowest BCUT2D eigenvalue weighted by Crippen LogP contribution is -2.15. The van der Waals surface area contributed by atoms with Crippen LogP contribution in [-0.2, 0) is 10.0 Å². The highest BCUT2D eigenvalue weighted by atomic mass is 35.5. The largest absolute Gasteiger partial charge is 0.493 e. The second-order valence-corrected chi connectivity index (χ2v) is 7.71. The van der Waals surface area contributed by atoms with Crippen LogP contribution in [0, 0.1) is 13.8 Å². The molecule has 3 rings (SSSR count). The molecule has 1 aromatic heterocycles. The zero-order valence-corrected chi connectivity index (χ0v) is 16.4. The Morgan fingerprint density at radius 3 is 2.41 bits per heavy atom. The predicted octanol–water partition coefficient (Wildman–Crippen LogP) is 4.55. The predicted molar refractivity (Wildman–Crippen MR) is 101 cm³/mol. The van der Waals surface area contributed by atoms with Crippen molar-refractivity contribution in [3.63, 3.8) is 0 Å². The Bertz CT molecular complexity index is 1060. The molecule has 2 aromatic carbocycles. The van der Waals surface area contributed by atoms with E-state index in [1.54, 1.807) is 43.3 Å². The van der Waals surface area contributed by atoms with Gasteiger partial charge in [-0.1, -0.05) is 28.9 Å². The molecule has 1 heterocycles. The maximum Gasteiger partial charge on any atom is 0.267 e. The first-order valence-electron chi connectivity index (χ1n) is 7.88. The molecule has 0 saturated carbocycles. The summed E-state index contributed by atoms with van der Waals surface area (Å²) in [4.78, 5) is -0.0225. The monoisotopic (exact) mass is 408 g/mol. The van der Waals surface area contributed by atoms with Crippen LogP contribution in [0.25, 0.3) is 0 Å². The first-order chi connectivity index (χ1) is 12.8. The molecule has 3 aromatic rings. The molecule has 0 amide bonds. The molecule has 7 nitrogen and oxygen atoms in total. The summed E-state index contributed by atoms with van der Waals surface area (Å²) in [5.41, 5.74) is 0.433. The van der Waals surface area contributed by atoms with E-state index in [1.165, 1.54) is 20.1 Å². The molecule has 0 radical (unpaired) electrons. The van der Waals surface area contributed by atoms with Crippen LogP contribution in [0.15, 0.2) is 51.9 Å². The molecule has 0 aliphatic rings. The quantitative estimate of drug-likeness (QED) is 0.643. The number of methoxy groups -OCH3 is 1. The van der Waals surface area contributed by atoms with Gasteiger partial charge in [0.2, 0.25) is 0 Å². The van der Waals surface area contributed by atoms with Gasteiger partial charge in [-0.15, -0.1) is 0 Å². The lowest BCUT2D eigenvalue weighted by molar-refractivity contribution is 0.379. The van der Waals surface area contributed by atoms with Crippen molar-refractivity contribution in [3.8, 4) is 17.2 Å². The van der Waals surface area contributed by atoms with Crippen LogP contribution < -0.4 is 14.2 Å². The standard InChI is InChI=1S/C18H17ClN2O5S/c1-11-18(12(2)26-20-11)27(22,23)21-14-10-13(19)8-9-15(14)25-17-7-5-4-6-16(17)24-3/h4-10,21H,1-3H3. The zero-order valence-electron chi connectivity index (χ0n) is 14.8. The Hall–Kier alpha value is -2.71. The number of halogens is 1. The second-order valence-electron chi connectivity index (χ2n) is 5.65. The summed E-state index contributed by atoms with van der Waals surface area (Å²) in [7, 11) is -2.44. The van der Waals surface area contributed by atoms with Gasteiger partial charge in [-0.3, -0.25) is 4.72 Å². The van der Waals surface area contributed by atoms with Crippen LogP contribution in [-0.4, -0.2) is 20.7 Å². The van der Waals surface area contributed by atoms with Crippen LogP contribution in [0.2, 0.25) is 5.02 Å². The third-order valence-corrected chi connectivity index (χ3v) is 5.56. The number of benzene rings is 2. The molecule has 9 heteroatoms. The minimum absolute atomic E-state index is 0.0225. The molecule has 0 spiro atoms. The van der Waals surface area contributed by atoms with E-state index in [0.29, 0.717) is 16.5 Å². The highest BCUT2D eigenvalue weighted by Gasteiger charge is 2.25. The number of nitrogens with one attached hydrogen (secondary N) is 1. The van der Waals surface area contributed by atoms with E-state index in [0.717, 1.165) is 0 Å². The van der Waals surface area contributed by atoms with Gasteiger partial charge in [0.1, 0.15) is 5.69 Å². The highest BCUT2D eigenvalue weighted by molar-refractivity contribution is 7.92. The number of anilines is 1. The van der Waals surface area contributed by atoms with Gasteiger partial charge in [0.05, 0.1) is 12.8 Å². The van der Waals surface area contributed by atoms with Crippen molar-refractivity contribution < 1.29 is 22.4 Å². The average molecular weight is 409 g/mol. The van der Waals surface area contributed by atoms with Crippen molar-refractivity contribution in [3.05, 3.63) is 58.9 Å². The third-order valence-electron chi connectivity index (χ3n) is 3.71. The molecule has 0 saturated heterocycles. The Balaban J connectivity index is 2.00. The Kier molecular flexibility index (Phi) is 5.29. The molecular formula is C18H17ClN2O5S. The summed E-state index contributed by atoms with van der Waals surface area (Å²) in [5, 5.41) is 4.03. The summed E-state index contributed by atoms with van der Waals surface area (Å²) in [5.74, 6) is 1.39. The average Bonchev–Trinajstić information content (AvgIpc) is 2.96. The van der Waals surface area contributed by atoms with E-state index in [-0.39, 0.29) is 27.8 Å². The van der Waals surface area contributed by atoms with Gasteiger partial charge in [0, 0.05) is 5.02 Å². The van der Waals surface area contributed by atoms with E-state index in [1.807, 2.05) is 0 Å². The number of hydrogen-bond acceptors (Lipinski definition) is 6. The number of nitrogens with zero attached hydrogens (tertiary/aromatic N) is 1. The Morgan fingerprint density at radius 1 is 1.07 bits per heavy atom. The molecule has 0 aliphatic heterocycles. The number of aromatic nitrogens is 1. The minimum Gasteiger partial charge on any atom is -0.493 e.